The molecule has 1 N–H and O–H groups in total. The Morgan fingerprint density at radius 3 is 2.44 bits per heavy atom. The molecule has 0 radical (unpaired) electrons. The summed E-state index contributed by atoms with van der Waals surface area (Å²) in [7, 11) is 0. The minimum absolute atomic E-state index is 0.0839. The smallest absolute Gasteiger partial charge is 0.262 e. The molecule has 5 nitrogen and oxygen atoms in total. The van der Waals surface area contributed by atoms with Crippen LogP contribution in [0.25, 0.3) is 11.1 Å². The number of carbonyl (C=O) groups is 1. The highest BCUT2D eigenvalue weighted by Gasteiger charge is 2.19. The Kier molecular flexibility index (Phi) is 7.30. The molecule has 32 heavy (non-hydrogen) atoms. The Balaban J connectivity index is 1.44. The van der Waals surface area contributed by atoms with Gasteiger partial charge < -0.3 is 19.9 Å². The number of rotatable bonds is 7. The number of nitrogens with zero attached hydrogens (tertiary/aromatic N) is 2. The van der Waals surface area contributed by atoms with Gasteiger partial charge in [-0.15, -0.1) is 0 Å². The Morgan fingerprint density at radius 1 is 0.969 bits per heavy atom. The maximum atomic E-state index is 12.8. The van der Waals surface area contributed by atoms with E-state index < -0.39 is 0 Å². The zero-order valence-corrected chi connectivity index (χ0v) is 19.0. The van der Waals surface area contributed by atoms with Gasteiger partial charge in [-0.1, -0.05) is 67.1 Å². The molecule has 6 heteroatoms. The molecule has 1 amide bonds. The largest absolute Gasteiger partial charge is 0.483 e. The lowest BCUT2D eigenvalue weighted by molar-refractivity contribution is -0.118. The number of halogens is 1. The normalized spacial score (nSPS) is 14.2. The van der Waals surface area contributed by atoms with Crippen LogP contribution in [0.1, 0.15) is 6.92 Å². The first-order valence-electron chi connectivity index (χ1n) is 11.0. The Labute approximate surface area is 194 Å². The van der Waals surface area contributed by atoms with Gasteiger partial charge in [0.05, 0.1) is 11.4 Å². The van der Waals surface area contributed by atoms with E-state index in [9.17, 15) is 4.79 Å². The van der Waals surface area contributed by atoms with Crippen LogP contribution >= 0.6 is 11.6 Å². The van der Waals surface area contributed by atoms with E-state index in [-0.39, 0.29) is 12.5 Å². The molecular weight excluding hydrogens is 422 g/mol. The van der Waals surface area contributed by atoms with Crippen molar-refractivity contribution in [2.75, 3.05) is 49.5 Å². The first kappa shape index (κ1) is 22.2. The van der Waals surface area contributed by atoms with Gasteiger partial charge in [-0.25, -0.2) is 0 Å². The van der Waals surface area contributed by atoms with E-state index in [0.717, 1.165) is 49.5 Å². The van der Waals surface area contributed by atoms with Crippen LogP contribution in [0.4, 0.5) is 11.4 Å². The SMILES string of the molecule is CCN1CCN(c2ccc(Cl)cc2NC(=O)COc2ccccc2-c2ccccc2)CC1. The monoisotopic (exact) mass is 449 g/mol. The molecule has 1 aliphatic rings. The lowest BCUT2D eigenvalue weighted by Gasteiger charge is -2.36. The zero-order chi connectivity index (χ0) is 22.3. The van der Waals surface area contributed by atoms with Crippen LogP contribution in [0, 0.1) is 0 Å². The van der Waals surface area contributed by atoms with Crippen molar-refractivity contribution < 1.29 is 9.53 Å². The van der Waals surface area contributed by atoms with Crippen LogP contribution in [-0.2, 0) is 4.79 Å². The molecule has 0 unspecified atom stereocenters. The minimum Gasteiger partial charge on any atom is -0.483 e. The molecule has 0 aromatic heterocycles. The number of para-hydroxylation sites is 1. The van der Waals surface area contributed by atoms with Crippen LogP contribution in [0.15, 0.2) is 72.8 Å². The summed E-state index contributed by atoms with van der Waals surface area (Å²) in [6.07, 6.45) is 0. The third-order valence-corrected chi connectivity index (χ3v) is 5.96. The number of amides is 1. The minimum atomic E-state index is -0.219. The molecule has 1 heterocycles. The molecule has 0 aliphatic carbocycles. The van der Waals surface area contributed by atoms with Crippen molar-refractivity contribution in [3.8, 4) is 16.9 Å². The van der Waals surface area contributed by atoms with Crippen LogP contribution in [0.3, 0.4) is 0 Å². The van der Waals surface area contributed by atoms with Crippen molar-refractivity contribution in [3.05, 3.63) is 77.8 Å². The van der Waals surface area contributed by atoms with Gasteiger partial charge in [-0.05, 0) is 36.4 Å². The number of carbonyl (C=O) groups excluding carboxylic acids is 1. The van der Waals surface area contributed by atoms with Crippen molar-refractivity contribution in [1.29, 1.82) is 0 Å². The first-order valence-corrected chi connectivity index (χ1v) is 11.4. The highest BCUT2D eigenvalue weighted by Crippen LogP contribution is 2.31. The topological polar surface area (TPSA) is 44.8 Å². The number of benzene rings is 3. The zero-order valence-electron chi connectivity index (χ0n) is 18.3. The first-order chi connectivity index (χ1) is 15.6. The second kappa shape index (κ2) is 10.5. The lowest BCUT2D eigenvalue weighted by atomic mass is 10.1. The van der Waals surface area contributed by atoms with Crippen molar-refractivity contribution in [2.24, 2.45) is 0 Å². The molecule has 0 atom stereocenters. The van der Waals surface area contributed by atoms with E-state index in [1.54, 1.807) is 6.07 Å². The quantitative estimate of drug-likeness (QED) is 0.540. The summed E-state index contributed by atoms with van der Waals surface area (Å²) in [6.45, 7) is 7.00. The molecule has 3 aromatic carbocycles. The van der Waals surface area contributed by atoms with Gasteiger partial charge >= 0.3 is 0 Å². The van der Waals surface area contributed by atoms with Crippen molar-refractivity contribution in [2.45, 2.75) is 6.92 Å². The molecule has 0 spiro atoms. The maximum Gasteiger partial charge on any atom is 0.262 e. The summed E-state index contributed by atoms with van der Waals surface area (Å²) in [5, 5.41) is 3.59. The summed E-state index contributed by atoms with van der Waals surface area (Å²) >= 11 is 6.24. The third-order valence-electron chi connectivity index (χ3n) is 5.72. The fraction of sp³-hybridized carbons (Fsp3) is 0.269. The van der Waals surface area contributed by atoms with E-state index in [1.807, 2.05) is 66.7 Å². The number of nitrogens with one attached hydrogen (secondary N) is 1. The molecule has 1 saturated heterocycles. The van der Waals surface area contributed by atoms with E-state index in [4.69, 9.17) is 16.3 Å². The summed E-state index contributed by atoms with van der Waals surface area (Å²) in [4.78, 5) is 17.5. The summed E-state index contributed by atoms with van der Waals surface area (Å²) in [5.41, 5.74) is 3.71. The van der Waals surface area contributed by atoms with Gasteiger partial charge in [0.15, 0.2) is 6.61 Å². The summed E-state index contributed by atoms with van der Waals surface area (Å²) < 4.78 is 5.90. The lowest BCUT2D eigenvalue weighted by Crippen LogP contribution is -2.46. The van der Waals surface area contributed by atoms with E-state index in [0.29, 0.717) is 16.5 Å². The van der Waals surface area contributed by atoms with E-state index in [2.05, 4.69) is 22.0 Å². The number of hydrogen-bond donors (Lipinski definition) is 1. The summed E-state index contributed by atoms with van der Waals surface area (Å²) in [6, 6.07) is 23.4. The standard InChI is InChI=1S/C26H28ClN3O2/c1-2-29-14-16-30(17-15-29)24-13-12-21(27)18-23(24)28-26(31)19-32-25-11-7-6-10-22(25)20-8-4-3-5-9-20/h3-13,18H,2,14-17,19H2,1H3,(H,28,31). The average molecular weight is 450 g/mol. The molecule has 166 valence electrons. The number of likely N-dealkylation sites (N-methyl/N-ethyl adjacent to an activating group) is 1. The van der Waals surface area contributed by atoms with Gasteiger partial charge in [-0.3, -0.25) is 4.79 Å². The van der Waals surface area contributed by atoms with Gasteiger partial charge in [0.2, 0.25) is 0 Å². The number of anilines is 2. The van der Waals surface area contributed by atoms with Crippen LogP contribution < -0.4 is 15.0 Å². The predicted molar refractivity (Wildman–Crippen MR) is 132 cm³/mol. The predicted octanol–water partition coefficient (Wildman–Crippen LogP) is 5.17. The Bertz CT molecular complexity index is 1050. The number of ether oxygens (including phenoxy) is 1. The Morgan fingerprint density at radius 2 is 1.69 bits per heavy atom. The van der Waals surface area contributed by atoms with Crippen molar-refractivity contribution in [1.82, 2.24) is 4.90 Å². The highest BCUT2D eigenvalue weighted by atomic mass is 35.5. The molecule has 0 bridgehead atoms. The number of hydrogen-bond acceptors (Lipinski definition) is 4. The van der Waals surface area contributed by atoms with Crippen LogP contribution in [0.5, 0.6) is 5.75 Å². The van der Waals surface area contributed by atoms with Gasteiger partial charge in [-0.2, -0.15) is 0 Å². The van der Waals surface area contributed by atoms with E-state index in [1.165, 1.54) is 0 Å². The number of piperazine rings is 1. The molecule has 1 aliphatic heterocycles. The second-order valence-corrected chi connectivity index (χ2v) is 8.22. The fourth-order valence-corrected chi connectivity index (χ4v) is 4.14. The van der Waals surface area contributed by atoms with Gasteiger partial charge in [0.25, 0.3) is 5.91 Å². The molecule has 3 aromatic rings. The fourth-order valence-electron chi connectivity index (χ4n) is 3.97. The third kappa shape index (κ3) is 5.42. The molecule has 1 fully saturated rings. The van der Waals surface area contributed by atoms with Crippen LogP contribution in [-0.4, -0.2) is 50.1 Å². The average Bonchev–Trinajstić information content (AvgIpc) is 2.84. The van der Waals surface area contributed by atoms with Crippen molar-refractivity contribution >= 4 is 28.9 Å². The summed E-state index contributed by atoms with van der Waals surface area (Å²) in [5.74, 6) is 0.458. The molecular formula is C26H28ClN3O2. The second-order valence-electron chi connectivity index (χ2n) is 7.78. The highest BCUT2D eigenvalue weighted by molar-refractivity contribution is 6.31. The maximum absolute atomic E-state index is 12.8. The van der Waals surface area contributed by atoms with Gasteiger partial charge in [0.1, 0.15) is 5.75 Å². The molecule has 4 rings (SSSR count). The van der Waals surface area contributed by atoms with Crippen LogP contribution in [0.2, 0.25) is 5.02 Å². The van der Waals surface area contributed by atoms with E-state index >= 15 is 0 Å². The molecule has 0 saturated carbocycles. The van der Waals surface area contributed by atoms with Gasteiger partial charge in [0, 0.05) is 36.8 Å². The Hall–Kier alpha value is -3.02. The van der Waals surface area contributed by atoms with Crippen molar-refractivity contribution in [3.63, 3.8) is 0 Å².